The van der Waals surface area contributed by atoms with Gasteiger partial charge in [0.1, 0.15) is 11.4 Å². The van der Waals surface area contributed by atoms with Crippen molar-refractivity contribution in [3.63, 3.8) is 0 Å². The van der Waals surface area contributed by atoms with Crippen LogP contribution in [0.1, 0.15) is 17.0 Å². The van der Waals surface area contributed by atoms with E-state index in [9.17, 15) is 14.3 Å². The highest BCUT2D eigenvalue weighted by molar-refractivity contribution is 5.78. The number of carbonyl (C=O) groups excluding carboxylic acids is 1. The van der Waals surface area contributed by atoms with E-state index in [0.29, 0.717) is 19.6 Å². The minimum atomic E-state index is -0.915. The molecular formula is C20H23FN2O3. The summed E-state index contributed by atoms with van der Waals surface area (Å²) in [6.07, 6.45) is 0.552. The maximum absolute atomic E-state index is 13.5. The molecule has 3 rings (SSSR count). The second-order valence-corrected chi connectivity index (χ2v) is 6.76. The fourth-order valence-electron chi connectivity index (χ4n) is 3.30. The minimum absolute atomic E-state index is 0.0523. The summed E-state index contributed by atoms with van der Waals surface area (Å²) in [6.45, 7) is 2.72. The van der Waals surface area contributed by atoms with Gasteiger partial charge < -0.3 is 14.7 Å². The topological polar surface area (TPSA) is 62.7 Å². The van der Waals surface area contributed by atoms with Gasteiger partial charge >= 0.3 is 0 Å². The van der Waals surface area contributed by atoms with Gasteiger partial charge in [-0.2, -0.15) is 0 Å². The number of hydrogen-bond donors (Lipinski definition) is 1. The number of benzene rings is 1. The van der Waals surface area contributed by atoms with Crippen LogP contribution in [0.3, 0.4) is 0 Å². The zero-order valence-electron chi connectivity index (χ0n) is 14.8. The summed E-state index contributed by atoms with van der Waals surface area (Å²) in [7, 11) is 0. The third-order valence-electron chi connectivity index (χ3n) is 4.58. The second-order valence-electron chi connectivity index (χ2n) is 6.76. The molecule has 1 saturated heterocycles. The van der Waals surface area contributed by atoms with Crippen LogP contribution in [0.15, 0.2) is 42.5 Å². The van der Waals surface area contributed by atoms with Crippen LogP contribution >= 0.6 is 0 Å². The number of nitrogens with zero attached hydrogens (tertiary/aromatic N) is 2. The van der Waals surface area contributed by atoms with Gasteiger partial charge in [-0.15, -0.1) is 0 Å². The van der Waals surface area contributed by atoms with E-state index in [1.54, 1.807) is 17.0 Å². The number of halogens is 1. The molecule has 2 heterocycles. The molecule has 0 radical (unpaired) electrons. The van der Waals surface area contributed by atoms with Crippen molar-refractivity contribution in [2.75, 3.05) is 26.3 Å². The highest BCUT2D eigenvalue weighted by atomic mass is 19.1. The van der Waals surface area contributed by atoms with Gasteiger partial charge in [0.15, 0.2) is 0 Å². The zero-order chi connectivity index (χ0) is 18.6. The molecule has 1 aliphatic rings. The third kappa shape index (κ3) is 4.45. The van der Waals surface area contributed by atoms with E-state index in [1.807, 2.05) is 25.1 Å². The van der Waals surface area contributed by atoms with E-state index in [2.05, 4.69) is 4.98 Å². The van der Waals surface area contributed by atoms with Crippen molar-refractivity contribution < 1.29 is 19.0 Å². The average Bonchev–Trinajstić information content (AvgIpc) is 2.62. The quantitative estimate of drug-likeness (QED) is 0.887. The molecular weight excluding hydrogens is 335 g/mol. The van der Waals surface area contributed by atoms with Crippen LogP contribution in [-0.2, 0) is 22.4 Å². The van der Waals surface area contributed by atoms with Gasteiger partial charge in [-0.1, -0.05) is 18.2 Å². The van der Waals surface area contributed by atoms with Crippen LogP contribution in [0.4, 0.5) is 4.39 Å². The fourth-order valence-corrected chi connectivity index (χ4v) is 3.30. The Labute approximate surface area is 152 Å². The average molecular weight is 358 g/mol. The van der Waals surface area contributed by atoms with Crippen molar-refractivity contribution in [3.05, 3.63) is 65.2 Å². The first-order valence-corrected chi connectivity index (χ1v) is 8.69. The summed E-state index contributed by atoms with van der Waals surface area (Å²) in [6, 6.07) is 11.8. The molecule has 5 nitrogen and oxygen atoms in total. The van der Waals surface area contributed by atoms with E-state index in [-0.39, 0.29) is 31.3 Å². The van der Waals surface area contributed by atoms with Gasteiger partial charge in [0.2, 0.25) is 5.91 Å². The molecule has 138 valence electrons. The van der Waals surface area contributed by atoms with Crippen LogP contribution in [0.5, 0.6) is 0 Å². The van der Waals surface area contributed by atoms with Crippen molar-refractivity contribution in [1.82, 2.24) is 9.88 Å². The molecule has 1 fully saturated rings. The van der Waals surface area contributed by atoms with E-state index in [0.717, 1.165) is 17.0 Å². The number of ether oxygens (including phenoxy) is 1. The summed E-state index contributed by atoms with van der Waals surface area (Å²) in [5, 5.41) is 9.93. The predicted octanol–water partition coefficient (Wildman–Crippen LogP) is 1.90. The maximum atomic E-state index is 13.5. The molecule has 6 heteroatoms. The molecule has 0 aliphatic carbocycles. The summed E-state index contributed by atoms with van der Waals surface area (Å²) in [4.78, 5) is 18.7. The monoisotopic (exact) mass is 358 g/mol. The van der Waals surface area contributed by atoms with Crippen LogP contribution in [0.2, 0.25) is 0 Å². The smallest absolute Gasteiger partial charge is 0.228 e. The summed E-state index contributed by atoms with van der Waals surface area (Å²) in [5.41, 5.74) is 1.41. The van der Waals surface area contributed by atoms with E-state index in [1.165, 1.54) is 12.1 Å². The molecule has 0 saturated carbocycles. The Morgan fingerprint density at radius 2 is 2.15 bits per heavy atom. The fraction of sp³-hybridized carbons (Fsp3) is 0.400. The maximum Gasteiger partial charge on any atom is 0.228 e. The SMILES string of the molecule is Cc1cccc(CC(=O)N2CCO[C@](CO)(Cc3cccc(F)c3)C2)n1. The Hall–Kier alpha value is -2.31. The number of amides is 1. The molecule has 1 amide bonds. The zero-order valence-corrected chi connectivity index (χ0v) is 14.8. The number of aliphatic hydroxyl groups excluding tert-OH is 1. The Morgan fingerprint density at radius 3 is 2.88 bits per heavy atom. The molecule has 1 aliphatic heterocycles. The van der Waals surface area contributed by atoms with E-state index in [4.69, 9.17) is 4.74 Å². The molecule has 2 aromatic rings. The molecule has 1 aromatic carbocycles. The Bertz CT molecular complexity index is 783. The molecule has 1 atom stereocenters. The molecule has 1 N–H and O–H groups in total. The first-order chi connectivity index (χ1) is 12.5. The van der Waals surface area contributed by atoms with Crippen molar-refractivity contribution >= 4 is 5.91 Å². The lowest BCUT2D eigenvalue weighted by molar-refractivity contribution is -0.157. The summed E-state index contributed by atoms with van der Waals surface area (Å²) < 4.78 is 19.3. The van der Waals surface area contributed by atoms with Crippen LogP contribution in [0, 0.1) is 12.7 Å². The van der Waals surface area contributed by atoms with Gasteiger partial charge in [-0.05, 0) is 36.8 Å². The van der Waals surface area contributed by atoms with Crippen molar-refractivity contribution in [2.24, 2.45) is 0 Å². The van der Waals surface area contributed by atoms with Crippen LogP contribution in [0.25, 0.3) is 0 Å². The van der Waals surface area contributed by atoms with Crippen molar-refractivity contribution in [2.45, 2.75) is 25.4 Å². The van der Waals surface area contributed by atoms with Crippen molar-refractivity contribution in [1.29, 1.82) is 0 Å². The molecule has 26 heavy (non-hydrogen) atoms. The first-order valence-electron chi connectivity index (χ1n) is 8.69. The van der Waals surface area contributed by atoms with Crippen molar-refractivity contribution in [3.8, 4) is 0 Å². The van der Waals surface area contributed by atoms with Crippen LogP contribution in [-0.4, -0.2) is 52.8 Å². The molecule has 0 spiro atoms. The number of rotatable bonds is 5. The predicted molar refractivity (Wildman–Crippen MR) is 95.1 cm³/mol. The number of aromatic nitrogens is 1. The number of carbonyl (C=O) groups is 1. The Morgan fingerprint density at radius 1 is 1.35 bits per heavy atom. The first kappa shape index (κ1) is 18.5. The number of aliphatic hydroxyl groups is 1. The lowest BCUT2D eigenvalue weighted by atomic mass is 9.93. The standard InChI is InChI=1S/C20H23FN2O3/c1-15-4-2-7-18(22-15)11-19(25)23-8-9-26-20(13-23,14-24)12-16-5-3-6-17(21)10-16/h2-7,10,24H,8-9,11-14H2,1H3/t20-/m1/s1. The van der Waals surface area contributed by atoms with E-state index < -0.39 is 5.60 Å². The highest BCUT2D eigenvalue weighted by Gasteiger charge is 2.38. The molecule has 0 unspecified atom stereocenters. The van der Waals surface area contributed by atoms with Crippen LogP contribution < -0.4 is 0 Å². The van der Waals surface area contributed by atoms with Gasteiger partial charge in [0, 0.05) is 24.4 Å². The van der Waals surface area contributed by atoms with Gasteiger partial charge in [0.05, 0.1) is 26.2 Å². The number of hydrogen-bond acceptors (Lipinski definition) is 4. The van der Waals surface area contributed by atoms with Gasteiger partial charge in [0.25, 0.3) is 0 Å². The summed E-state index contributed by atoms with van der Waals surface area (Å²) >= 11 is 0. The van der Waals surface area contributed by atoms with Gasteiger partial charge in [-0.3, -0.25) is 9.78 Å². The van der Waals surface area contributed by atoms with E-state index >= 15 is 0 Å². The Kier molecular flexibility index (Phi) is 5.64. The minimum Gasteiger partial charge on any atom is -0.393 e. The lowest BCUT2D eigenvalue weighted by Gasteiger charge is -2.42. The number of pyridine rings is 1. The third-order valence-corrected chi connectivity index (χ3v) is 4.58. The highest BCUT2D eigenvalue weighted by Crippen LogP contribution is 2.24. The lowest BCUT2D eigenvalue weighted by Crippen LogP contribution is -2.57. The Balaban J connectivity index is 1.70. The normalized spacial score (nSPS) is 20.2. The molecule has 0 bridgehead atoms. The number of aryl methyl sites for hydroxylation is 1. The molecule has 1 aromatic heterocycles. The number of morpholine rings is 1. The second kappa shape index (κ2) is 7.93. The van der Waals surface area contributed by atoms with Gasteiger partial charge in [-0.25, -0.2) is 4.39 Å². The summed E-state index contributed by atoms with van der Waals surface area (Å²) in [5.74, 6) is -0.381. The largest absolute Gasteiger partial charge is 0.393 e.